The molecule has 0 spiro atoms. The highest BCUT2D eigenvalue weighted by Crippen LogP contribution is 2.21. The van der Waals surface area contributed by atoms with E-state index in [1.54, 1.807) is 11.0 Å². The fraction of sp³-hybridized carbons (Fsp3) is 0.353. The van der Waals surface area contributed by atoms with Gasteiger partial charge in [-0.1, -0.05) is 18.2 Å². The molecule has 5 nitrogen and oxygen atoms in total. The molecule has 0 radical (unpaired) electrons. The first-order valence-corrected chi connectivity index (χ1v) is 7.42. The van der Waals surface area contributed by atoms with Crippen molar-refractivity contribution in [3.05, 3.63) is 54.0 Å². The maximum Gasteiger partial charge on any atom is 0.289 e. The van der Waals surface area contributed by atoms with Crippen molar-refractivity contribution in [2.24, 2.45) is 5.92 Å². The molecule has 2 aromatic rings. The van der Waals surface area contributed by atoms with Crippen LogP contribution in [0, 0.1) is 5.92 Å². The van der Waals surface area contributed by atoms with E-state index in [0.29, 0.717) is 25.5 Å². The number of furan rings is 1. The first-order valence-electron chi connectivity index (χ1n) is 7.42. The van der Waals surface area contributed by atoms with Gasteiger partial charge >= 0.3 is 0 Å². The molecular weight excluding hydrogens is 282 g/mol. The highest BCUT2D eigenvalue weighted by atomic mass is 16.5. The largest absolute Gasteiger partial charge is 0.489 e. The van der Waals surface area contributed by atoms with Crippen LogP contribution >= 0.6 is 0 Å². The summed E-state index contributed by atoms with van der Waals surface area (Å²) in [5, 5.41) is 9.18. The van der Waals surface area contributed by atoms with Gasteiger partial charge in [0.05, 0.1) is 6.26 Å². The highest BCUT2D eigenvalue weighted by molar-refractivity contribution is 5.93. The average Bonchev–Trinajstić information content (AvgIpc) is 3.22. The van der Waals surface area contributed by atoms with Gasteiger partial charge in [-0.05, 0) is 24.6 Å². The first kappa shape index (κ1) is 14.7. The van der Waals surface area contributed by atoms with E-state index in [2.05, 4.69) is 0 Å². The molecule has 0 aliphatic carbocycles. The van der Waals surface area contributed by atoms with Gasteiger partial charge in [-0.2, -0.15) is 0 Å². The lowest BCUT2D eigenvalue weighted by molar-refractivity contribution is 0.0746. The molecule has 116 valence electrons. The summed E-state index contributed by atoms with van der Waals surface area (Å²) in [6, 6.07) is 11.2. The Labute approximate surface area is 129 Å². The average molecular weight is 301 g/mol. The Hall–Kier alpha value is -2.27. The number of amides is 1. The van der Waals surface area contributed by atoms with Crippen molar-refractivity contribution in [2.45, 2.75) is 13.0 Å². The molecule has 1 unspecified atom stereocenters. The van der Waals surface area contributed by atoms with Crippen molar-refractivity contribution >= 4 is 5.91 Å². The molecule has 1 aliphatic rings. The Balaban J connectivity index is 1.65. The standard InChI is InChI=1S/C17H19NO4/c19-11-13-6-8-18(10-13)17(20)16-14(7-9-21-16)12-22-15-4-2-1-3-5-15/h1-5,7,9,13,19H,6,8,10-12H2. The lowest BCUT2D eigenvalue weighted by atomic mass is 10.1. The summed E-state index contributed by atoms with van der Waals surface area (Å²) in [5.74, 6) is 1.12. The number of nitrogens with zero attached hydrogens (tertiary/aromatic N) is 1. The number of ether oxygens (including phenoxy) is 1. The molecule has 1 atom stereocenters. The minimum atomic E-state index is -0.132. The third kappa shape index (κ3) is 3.14. The number of carbonyl (C=O) groups excluding carboxylic acids is 1. The quantitative estimate of drug-likeness (QED) is 0.920. The van der Waals surface area contributed by atoms with Crippen LogP contribution in [0.2, 0.25) is 0 Å². The van der Waals surface area contributed by atoms with Gasteiger partial charge < -0.3 is 19.2 Å². The fourth-order valence-electron chi connectivity index (χ4n) is 2.62. The second kappa shape index (κ2) is 6.66. The van der Waals surface area contributed by atoms with E-state index >= 15 is 0 Å². The summed E-state index contributed by atoms with van der Waals surface area (Å²) >= 11 is 0. The van der Waals surface area contributed by atoms with Crippen LogP contribution in [0.4, 0.5) is 0 Å². The third-order valence-electron chi connectivity index (χ3n) is 3.91. The lowest BCUT2D eigenvalue weighted by Crippen LogP contribution is -2.29. The van der Waals surface area contributed by atoms with Gasteiger partial charge in [0.15, 0.2) is 5.76 Å². The monoisotopic (exact) mass is 301 g/mol. The topological polar surface area (TPSA) is 62.9 Å². The zero-order chi connectivity index (χ0) is 15.4. The SMILES string of the molecule is O=C(c1occc1COc1ccccc1)N1CCC(CO)C1. The Morgan fingerprint density at radius 1 is 1.32 bits per heavy atom. The number of hydrogen-bond donors (Lipinski definition) is 1. The Morgan fingerprint density at radius 2 is 2.14 bits per heavy atom. The van der Waals surface area contributed by atoms with Gasteiger partial charge in [0, 0.05) is 31.2 Å². The van der Waals surface area contributed by atoms with Gasteiger partial charge in [0.1, 0.15) is 12.4 Å². The summed E-state index contributed by atoms with van der Waals surface area (Å²) in [7, 11) is 0. The van der Waals surface area contributed by atoms with E-state index in [1.807, 2.05) is 30.3 Å². The Kier molecular flexibility index (Phi) is 4.44. The van der Waals surface area contributed by atoms with E-state index in [4.69, 9.17) is 9.15 Å². The van der Waals surface area contributed by atoms with E-state index in [-0.39, 0.29) is 18.4 Å². The molecule has 1 aromatic heterocycles. The minimum absolute atomic E-state index is 0.117. The molecule has 1 saturated heterocycles. The van der Waals surface area contributed by atoms with Crippen LogP contribution < -0.4 is 4.74 Å². The summed E-state index contributed by atoms with van der Waals surface area (Å²) in [6.45, 7) is 1.64. The molecule has 1 amide bonds. The molecule has 22 heavy (non-hydrogen) atoms. The highest BCUT2D eigenvalue weighted by Gasteiger charge is 2.29. The van der Waals surface area contributed by atoms with Crippen LogP contribution in [0.15, 0.2) is 47.1 Å². The molecule has 1 aliphatic heterocycles. The number of hydrogen-bond acceptors (Lipinski definition) is 4. The zero-order valence-electron chi connectivity index (χ0n) is 12.3. The van der Waals surface area contributed by atoms with Gasteiger partial charge in [0.2, 0.25) is 0 Å². The minimum Gasteiger partial charge on any atom is -0.489 e. The van der Waals surface area contributed by atoms with Crippen molar-refractivity contribution in [3.8, 4) is 5.75 Å². The molecule has 1 fully saturated rings. The molecular formula is C17H19NO4. The van der Waals surface area contributed by atoms with E-state index in [1.165, 1.54) is 6.26 Å². The van der Waals surface area contributed by atoms with Crippen LogP contribution in [0.1, 0.15) is 22.5 Å². The molecule has 5 heteroatoms. The maximum absolute atomic E-state index is 12.5. The fourth-order valence-corrected chi connectivity index (χ4v) is 2.62. The van der Waals surface area contributed by atoms with E-state index in [9.17, 15) is 9.90 Å². The Bertz CT molecular complexity index is 623. The third-order valence-corrected chi connectivity index (χ3v) is 3.91. The van der Waals surface area contributed by atoms with E-state index in [0.717, 1.165) is 17.7 Å². The van der Waals surface area contributed by atoms with Crippen molar-refractivity contribution in [2.75, 3.05) is 19.7 Å². The predicted molar refractivity (Wildman–Crippen MR) is 80.6 cm³/mol. The Morgan fingerprint density at radius 3 is 2.86 bits per heavy atom. The number of rotatable bonds is 5. The predicted octanol–water partition coefficient (Wildman–Crippen LogP) is 2.31. The van der Waals surface area contributed by atoms with Gasteiger partial charge in [-0.25, -0.2) is 0 Å². The molecule has 0 saturated carbocycles. The van der Waals surface area contributed by atoms with Crippen molar-refractivity contribution < 1.29 is 19.1 Å². The summed E-state index contributed by atoms with van der Waals surface area (Å²) in [5.41, 5.74) is 0.737. The maximum atomic E-state index is 12.5. The summed E-state index contributed by atoms with van der Waals surface area (Å²) in [4.78, 5) is 14.2. The first-order chi connectivity index (χ1) is 10.8. The smallest absolute Gasteiger partial charge is 0.289 e. The van der Waals surface area contributed by atoms with Gasteiger partial charge in [-0.15, -0.1) is 0 Å². The number of carbonyl (C=O) groups is 1. The zero-order valence-corrected chi connectivity index (χ0v) is 12.3. The van der Waals surface area contributed by atoms with Crippen LogP contribution in [-0.2, 0) is 6.61 Å². The number of aliphatic hydroxyl groups is 1. The molecule has 1 N–H and O–H groups in total. The van der Waals surface area contributed by atoms with E-state index < -0.39 is 0 Å². The van der Waals surface area contributed by atoms with Crippen LogP contribution in [0.25, 0.3) is 0 Å². The summed E-state index contributed by atoms with van der Waals surface area (Å²) in [6.07, 6.45) is 2.34. The molecule has 3 rings (SSSR count). The summed E-state index contributed by atoms with van der Waals surface area (Å²) < 4.78 is 11.0. The number of benzene rings is 1. The van der Waals surface area contributed by atoms with Gasteiger partial charge in [-0.3, -0.25) is 4.79 Å². The molecule has 1 aromatic carbocycles. The van der Waals surface area contributed by atoms with Gasteiger partial charge in [0.25, 0.3) is 5.91 Å². The van der Waals surface area contributed by atoms with Crippen LogP contribution in [0.5, 0.6) is 5.75 Å². The number of likely N-dealkylation sites (tertiary alicyclic amines) is 1. The number of para-hydroxylation sites is 1. The second-order valence-corrected chi connectivity index (χ2v) is 5.47. The molecule has 2 heterocycles. The van der Waals surface area contributed by atoms with Crippen molar-refractivity contribution in [3.63, 3.8) is 0 Å². The molecule has 0 bridgehead atoms. The second-order valence-electron chi connectivity index (χ2n) is 5.47. The van der Waals surface area contributed by atoms with Crippen LogP contribution in [-0.4, -0.2) is 35.6 Å². The lowest BCUT2D eigenvalue weighted by Gasteiger charge is -2.15. The van der Waals surface area contributed by atoms with Crippen LogP contribution in [0.3, 0.4) is 0 Å². The van der Waals surface area contributed by atoms with Crippen molar-refractivity contribution in [1.82, 2.24) is 4.90 Å². The normalized spacial score (nSPS) is 17.7. The van der Waals surface area contributed by atoms with Crippen molar-refractivity contribution in [1.29, 1.82) is 0 Å². The number of aliphatic hydroxyl groups excluding tert-OH is 1.